The number of nitrogens with zero attached hydrogens (tertiary/aromatic N) is 1. The molecule has 0 bridgehead atoms. The second-order valence-corrected chi connectivity index (χ2v) is 4.72. The molecule has 0 spiro atoms. The summed E-state index contributed by atoms with van der Waals surface area (Å²) in [4.78, 5) is 23.7. The highest BCUT2D eigenvalue weighted by Gasteiger charge is 2.16. The zero-order valence-electron chi connectivity index (χ0n) is 11.8. The summed E-state index contributed by atoms with van der Waals surface area (Å²) in [7, 11) is 3.13. The number of benzene rings is 1. The van der Waals surface area contributed by atoms with Gasteiger partial charge in [0.1, 0.15) is 0 Å². The topological polar surface area (TPSA) is 48.3 Å². The van der Waals surface area contributed by atoms with Crippen LogP contribution in [0, 0.1) is 6.92 Å². The zero-order chi connectivity index (χ0) is 14.7. The van der Waals surface area contributed by atoms with Crippen molar-refractivity contribution >= 4 is 11.8 Å². The number of hydrogen-bond acceptors (Lipinski definition) is 3. The molecule has 0 aliphatic carbocycles. The quantitative estimate of drug-likeness (QED) is 0.633. The van der Waals surface area contributed by atoms with Crippen LogP contribution in [0.5, 0.6) is 0 Å². The number of ether oxygens (including phenoxy) is 1. The van der Waals surface area contributed by atoms with Gasteiger partial charge in [-0.25, -0.2) is 0 Å². The summed E-state index contributed by atoms with van der Waals surface area (Å²) in [5.41, 5.74) is 3.07. The number of aryl methyl sites for hydroxylation is 1. The lowest BCUT2D eigenvalue weighted by Gasteiger charge is -2.07. The Balaban J connectivity index is 2.27. The number of esters is 1. The van der Waals surface area contributed by atoms with Crippen molar-refractivity contribution in [3.63, 3.8) is 0 Å². The summed E-state index contributed by atoms with van der Waals surface area (Å²) in [5.74, 6) is -0.371. The summed E-state index contributed by atoms with van der Waals surface area (Å²) in [6, 6.07) is 10.9. The largest absolute Gasteiger partial charge is 0.469 e. The van der Waals surface area contributed by atoms with Crippen molar-refractivity contribution in [2.24, 2.45) is 7.05 Å². The van der Waals surface area contributed by atoms with E-state index < -0.39 is 0 Å². The van der Waals surface area contributed by atoms with E-state index in [0.717, 1.165) is 11.3 Å². The van der Waals surface area contributed by atoms with Crippen molar-refractivity contribution in [1.29, 1.82) is 0 Å². The van der Waals surface area contributed by atoms with Crippen LogP contribution >= 0.6 is 0 Å². The van der Waals surface area contributed by atoms with Gasteiger partial charge in [-0.05, 0) is 19.1 Å². The van der Waals surface area contributed by atoms with Crippen molar-refractivity contribution < 1.29 is 14.3 Å². The minimum absolute atomic E-state index is 0.0522. The molecule has 0 N–H and O–H groups in total. The maximum absolute atomic E-state index is 12.4. The van der Waals surface area contributed by atoms with E-state index in [1.54, 1.807) is 23.7 Å². The van der Waals surface area contributed by atoms with Gasteiger partial charge in [0.05, 0.1) is 19.2 Å². The summed E-state index contributed by atoms with van der Waals surface area (Å²) in [6.45, 7) is 1.98. The molecule has 4 heteroatoms. The van der Waals surface area contributed by atoms with Gasteiger partial charge < -0.3 is 9.30 Å². The Labute approximate surface area is 118 Å². The first kappa shape index (κ1) is 14.1. The molecule has 20 heavy (non-hydrogen) atoms. The summed E-state index contributed by atoms with van der Waals surface area (Å²) in [5, 5.41) is 0. The fraction of sp³-hybridized carbons (Fsp3) is 0.250. The Bertz CT molecular complexity index is 638. The van der Waals surface area contributed by atoms with E-state index in [0.29, 0.717) is 11.3 Å². The predicted molar refractivity (Wildman–Crippen MR) is 75.7 cm³/mol. The third kappa shape index (κ3) is 2.79. The van der Waals surface area contributed by atoms with E-state index in [2.05, 4.69) is 4.74 Å². The number of carbonyl (C=O) groups excluding carboxylic acids is 2. The maximum Gasteiger partial charge on any atom is 0.311 e. The number of methoxy groups -OCH3 is 1. The third-order valence-corrected chi connectivity index (χ3v) is 3.33. The van der Waals surface area contributed by atoms with E-state index in [4.69, 9.17) is 0 Å². The van der Waals surface area contributed by atoms with Gasteiger partial charge in [0.15, 0.2) is 0 Å². The molecule has 0 fully saturated rings. The SMILES string of the molecule is COC(=O)Cc1ccc(C(=O)c2ccc(C)cc2)n1C. The van der Waals surface area contributed by atoms with Gasteiger partial charge in [0.25, 0.3) is 0 Å². The van der Waals surface area contributed by atoms with Crippen LogP contribution in [-0.2, 0) is 23.0 Å². The van der Waals surface area contributed by atoms with E-state index in [-0.39, 0.29) is 18.2 Å². The van der Waals surface area contributed by atoms with Crippen LogP contribution in [0.2, 0.25) is 0 Å². The van der Waals surface area contributed by atoms with Crippen molar-refractivity contribution in [2.45, 2.75) is 13.3 Å². The monoisotopic (exact) mass is 271 g/mol. The lowest BCUT2D eigenvalue weighted by Crippen LogP contribution is -2.12. The van der Waals surface area contributed by atoms with Crippen LogP contribution in [0.25, 0.3) is 0 Å². The fourth-order valence-electron chi connectivity index (χ4n) is 2.03. The highest BCUT2D eigenvalue weighted by molar-refractivity contribution is 6.08. The number of ketones is 1. The van der Waals surface area contributed by atoms with Crippen LogP contribution < -0.4 is 0 Å². The van der Waals surface area contributed by atoms with Crippen LogP contribution in [-0.4, -0.2) is 23.4 Å². The Hall–Kier alpha value is -2.36. The second kappa shape index (κ2) is 5.74. The van der Waals surface area contributed by atoms with Gasteiger partial charge in [-0.1, -0.05) is 29.8 Å². The standard InChI is InChI=1S/C16H17NO3/c1-11-4-6-12(7-5-11)16(19)14-9-8-13(17(14)2)10-15(18)20-3/h4-9H,10H2,1-3H3. The molecule has 1 heterocycles. The average Bonchev–Trinajstić information content (AvgIpc) is 2.80. The van der Waals surface area contributed by atoms with E-state index in [1.807, 2.05) is 31.2 Å². The van der Waals surface area contributed by atoms with Gasteiger partial charge in [0.2, 0.25) is 5.78 Å². The third-order valence-electron chi connectivity index (χ3n) is 3.33. The van der Waals surface area contributed by atoms with Gasteiger partial charge >= 0.3 is 5.97 Å². The molecule has 4 nitrogen and oxygen atoms in total. The second-order valence-electron chi connectivity index (χ2n) is 4.72. The van der Waals surface area contributed by atoms with Crippen LogP contribution in [0.3, 0.4) is 0 Å². The predicted octanol–water partition coefficient (Wildman–Crippen LogP) is 2.28. The molecular weight excluding hydrogens is 254 g/mol. The highest BCUT2D eigenvalue weighted by atomic mass is 16.5. The molecule has 2 aromatic rings. The minimum atomic E-state index is -0.319. The number of rotatable bonds is 4. The van der Waals surface area contributed by atoms with Crippen molar-refractivity contribution in [3.8, 4) is 0 Å². The van der Waals surface area contributed by atoms with Crippen molar-refractivity contribution in [1.82, 2.24) is 4.57 Å². The number of hydrogen-bond donors (Lipinski definition) is 0. The first-order chi connectivity index (χ1) is 9.52. The summed E-state index contributed by atoms with van der Waals surface area (Å²) >= 11 is 0. The molecule has 0 saturated carbocycles. The lowest BCUT2D eigenvalue weighted by atomic mass is 10.1. The van der Waals surface area contributed by atoms with Gasteiger partial charge in [-0.15, -0.1) is 0 Å². The van der Waals surface area contributed by atoms with E-state index in [1.165, 1.54) is 7.11 Å². The summed E-state index contributed by atoms with van der Waals surface area (Å²) < 4.78 is 6.37. The maximum atomic E-state index is 12.4. The highest BCUT2D eigenvalue weighted by Crippen LogP contribution is 2.14. The smallest absolute Gasteiger partial charge is 0.311 e. The molecule has 2 rings (SSSR count). The molecule has 0 aliphatic heterocycles. The number of carbonyl (C=O) groups is 2. The molecule has 0 aliphatic rings. The Morgan fingerprint density at radius 1 is 1.10 bits per heavy atom. The molecule has 104 valence electrons. The molecule has 1 aromatic carbocycles. The number of aromatic nitrogens is 1. The van der Waals surface area contributed by atoms with Gasteiger partial charge in [-0.2, -0.15) is 0 Å². The minimum Gasteiger partial charge on any atom is -0.469 e. The molecule has 0 atom stereocenters. The summed E-state index contributed by atoms with van der Waals surface area (Å²) in [6.07, 6.45) is 0.161. The Morgan fingerprint density at radius 2 is 1.75 bits per heavy atom. The first-order valence-electron chi connectivity index (χ1n) is 6.35. The molecule has 0 radical (unpaired) electrons. The van der Waals surface area contributed by atoms with Gasteiger partial charge in [0, 0.05) is 18.3 Å². The fourth-order valence-corrected chi connectivity index (χ4v) is 2.03. The van der Waals surface area contributed by atoms with Crippen molar-refractivity contribution in [3.05, 3.63) is 58.9 Å². The van der Waals surface area contributed by atoms with Gasteiger partial charge in [-0.3, -0.25) is 9.59 Å². The van der Waals surface area contributed by atoms with E-state index in [9.17, 15) is 9.59 Å². The molecule has 1 aromatic heterocycles. The van der Waals surface area contributed by atoms with Crippen molar-refractivity contribution in [2.75, 3.05) is 7.11 Å². The first-order valence-corrected chi connectivity index (χ1v) is 6.35. The van der Waals surface area contributed by atoms with E-state index >= 15 is 0 Å². The Morgan fingerprint density at radius 3 is 2.35 bits per heavy atom. The average molecular weight is 271 g/mol. The molecule has 0 amide bonds. The van der Waals surface area contributed by atoms with Crippen LogP contribution in [0.15, 0.2) is 36.4 Å². The molecule has 0 unspecified atom stereocenters. The normalized spacial score (nSPS) is 10.3. The lowest BCUT2D eigenvalue weighted by molar-refractivity contribution is -0.139. The van der Waals surface area contributed by atoms with Crippen LogP contribution in [0.4, 0.5) is 0 Å². The Kier molecular flexibility index (Phi) is 4.03. The van der Waals surface area contributed by atoms with Crippen LogP contribution in [0.1, 0.15) is 27.3 Å². The molecule has 0 saturated heterocycles. The molecular formula is C16H17NO3. The zero-order valence-corrected chi connectivity index (χ0v) is 11.8.